The second-order valence-electron chi connectivity index (χ2n) is 11.7. The number of nitrogens with one attached hydrogen (secondary N) is 1. The van der Waals surface area contributed by atoms with Crippen LogP contribution in [0.15, 0.2) is 24.7 Å². The van der Waals surface area contributed by atoms with E-state index in [1.807, 2.05) is 9.42 Å². The van der Waals surface area contributed by atoms with Gasteiger partial charge in [0.1, 0.15) is 12.1 Å². The van der Waals surface area contributed by atoms with Crippen molar-refractivity contribution in [3.8, 4) is 11.3 Å². The molecule has 1 aliphatic heterocycles. The fourth-order valence-electron chi connectivity index (χ4n) is 5.88. The van der Waals surface area contributed by atoms with Crippen molar-refractivity contribution in [1.29, 1.82) is 0 Å². The van der Waals surface area contributed by atoms with Crippen molar-refractivity contribution in [2.24, 2.45) is 0 Å². The molecule has 0 unspecified atom stereocenters. The molecule has 1 saturated heterocycles. The summed E-state index contributed by atoms with van der Waals surface area (Å²) in [5.74, 6) is 1.46. The first-order valence-electron chi connectivity index (χ1n) is 14.2. The van der Waals surface area contributed by atoms with E-state index in [0.717, 1.165) is 52.4 Å². The fourth-order valence-corrected chi connectivity index (χ4v) is 5.88. The summed E-state index contributed by atoms with van der Waals surface area (Å²) in [7, 11) is 0. The van der Waals surface area contributed by atoms with Crippen LogP contribution in [0.2, 0.25) is 0 Å². The van der Waals surface area contributed by atoms with E-state index >= 15 is 0 Å². The molecular formula is C30H42N8O. The molecule has 1 amide bonds. The van der Waals surface area contributed by atoms with Crippen molar-refractivity contribution >= 4 is 28.4 Å². The Morgan fingerprint density at radius 1 is 1.00 bits per heavy atom. The molecule has 0 saturated carbocycles. The predicted molar refractivity (Wildman–Crippen MR) is 157 cm³/mol. The lowest BCUT2D eigenvalue weighted by Gasteiger charge is -2.37. The van der Waals surface area contributed by atoms with Crippen molar-refractivity contribution in [2.75, 3.05) is 37.6 Å². The van der Waals surface area contributed by atoms with Gasteiger partial charge in [-0.1, -0.05) is 13.8 Å². The maximum Gasteiger partial charge on any atom is 0.236 e. The number of piperazine rings is 1. The lowest BCUT2D eigenvalue weighted by molar-refractivity contribution is -0.133. The van der Waals surface area contributed by atoms with E-state index in [1.54, 1.807) is 6.33 Å². The van der Waals surface area contributed by atoms with Gasteiger partial charge in [0.05, 0.1) is 23.3 Å². The monoisotopic (exact) mass is 530 g/mol. The van der Waals surface area contributed by atoms with Crippen LogP contribution in [0, 0.1) is 13.8 Å². The number of carbonyl (C=O) groups excluding carboxylic acids is 1. The summed E-state index contributed by atoms with van der Waals surface area (Å²) in [6.07, 6.45) is 3.67. The lowest BCUT2D eigenvalue weighted by Crippen LogP contribution is -2.53. The van der Waals surface area contributed by atoms with Crippen LogP contribution in [0.1, 0.15) is 64.2 Å². The number of aromatic nitrogens is 5. The van der Waals surface area contributed by atoms with Crippen molar-refractivity contribution in [3.63, 3.8) is 0 Å². The van der Waals surface area contributed by atoms with Crippen molar-refractivity contribution in [1.82, 2.24) is 34.4 Å². The molecule has 0 atom stereocenters. The van der Waals surface area contributed by atoms with Crippen LogP contribution in [-0.4, -0.2) is 85.1 Å². The Morgan fingerprint density at radius 2 is 1.69 bits per heavy atom. The zero-order valence-corrected chi connectivity index (χ0v) is 24.6. The third-order valence-electron chi connectivity index (χ3n) is 8.24. The molecule has 0 aliphatic carbocycles. The van der Waals surface area contributed by atoms with Crippen LogP contribution in [0.25, 0.3) is 27.9 Å². The molecule has 1 N–H and O–H groups in total. The summed E-state index contributed by atoms with van der Waals surface area (Å²) in [5.41, 5.74) is 8.68. The van der Waals surface area contributed by atoms with Gasteiger partial charge in [-0.15, -0.1) is 0 Å². The first-order valence-corrected chi connectivity index (χ1v) is 14.2. The van der Waals surface area contributed by atoms with Crippen molar-refractivity contribution < 1.29 is 4.79 Å². The molecule has 0 aromatic carbocycles. The summed E-state index contributed by atoms with van der Waals surface area (Å²) in [6.45, 7) is 20.8. The molecule has 5 rings (SSSR count). The average molecular weight is 531 g/mol. The van der Waals surface area contributed by atoms with E-state index in [2.05, 4.69) is 98.6 Å². The van der Waals surface area contributed by atoms with Gasteiger partial charge in [-0.2, -0.15) is 5.10 Å². The van der Waals surface area contributed by atoms with Gasteiger partial charge in [0.15, 0.2) is 5.65 Å². The number of hydrogen-bond donors (Lipinski definition) is 1. The number of carbonyl (C=O) groups is 1. The van der Waals surface area contributed by atoms with Gasteiger partial charge in [0.2, 0.25) is 5.91 Å². The number of pyridine rings is 2. The molecule has 208 valence electrons. The number of anilines is 1. The van der Waals surface area contributed by atoms with Crippen LogP contribution in [0.3, 0.4) is 0 Å². The number of aryl methyl sites for hydroxylation is 1. The molecule has 39 heavy (non-hydrogen) atoms. The molecule has 9 heteroatoms. The summed E-state index contributed by atoms with van der Waals surface area (Å²) in [5, 5.41) is 4.40. The topological polar surface area (TPSA) is 85.7 Å². The Balaban J connectivity index is 1.41. The van der Waals surface area contributed by atoms with Gasteiger partial charge in [-0.25, -0.2) is 14.5 Å². The SMILES string of the molecule is Cc1c(-c2[nH]c3ccc(N4CCN(C(=O)CN(C(C)C)C(C)C)CC4)nc3c2C(C)C)cn2ncnc2c1C. The lowest BCUT2D eigenvalue weighted by atomic mass is 9.95. The minimum atomic E-state index is 0.216. The smallest absolute Gasteiger partial charge is 0.236 e. The van der Waals surface area contributed by atoms with E-state index in [1.165, 1.54) is 11.1 Å². The van der Waals surface area contributed by atoms with Gasteiger partial charge in [0.25, 0.3) is 0 Å². The zero-order chi connectivity index (χ0) is 28.0. The summed E-state index contributed by atoms with van der Waals surface area (Å²) >= 11 is 0. The summed E-state index contributed by atoms with van der Waals surface area (Å²) in [6, 6.07) is 4.93. The van der Waals surface area contributed by atoms with E-state index < -0.39 is 0 Å². The molecule has 5 heterocycles. The Kier molecular flexibility index (Phi) is 7.37. The number of rotatable bonds is 7. The predicted octanol–water partition coefficient (Wildman–Crippen LogP) is 4.78. The van der Waals surface area contributed by atoms with Crippen LogP contribution in [0.4, 0.5) is 5.82 Å². The standard InChI is InChI=1S/C30H42N8O/c1-18(2)27-28(23-15-38-30(31-17-32-38)22(8)21(23)7)33-24-9-10-25(34-29(24)27)35-11-13-36(14-12-35)26(39)16-37(19(3)4)20(5)6/h9-10,15,17-20,33H,11-14,16H2,1-8H3. The van der Waals surface area contributed by atoms with E-state index in [4.69, 9.17) is 4.98 Å². The third kappa shape index (κ3) is 5.00. The van der Waals surface area contributed by atoms with Crippen molar-refractivity contribution in [2.45, 2.75) is 73.4 Å². The average Bonchev–Trinajstić information content (AvgIpc) is 3.53. The third-order valence-corrected chi connectivity index (χ3v) is 8.24. The second kappa shape index (κ2) is 10.6. The quantitative estimate of drug-likeness (QED) is 0.370. The molecule has 1 fully saturated rings. The molecule has 4 aromatic rings. The highest BCUT2D eigenvalue weighted by atomic mass is 16.2. The molecule has 1 aliphatic rings. The molecule has 0 radical (unpaired) electrons. The molecule has 9 nitrogen and oxygen atoms in total. The van der Waals surface area contributed by atoms with Gasteiger partial charge >= 0.3 is 0 Å². The maximum absolute atomic E-state index is 13.0. The summed E-state index contributed by atoms with van der Waals surface area (Å²) < 4.78 is 1.86. The van der Waals surface area contributed by atoms with E-state index in [9.17, 15) is 4.79 Å². The normalized spacial score (nSPS) is 14.8. The highest BCUT2D eigenvalue weighted by Crippen LogP contribution is 2.38. The second-order valence-corrected chi connectivity index (χ2v) is 11.7. The Labute approximate surface area is 231 Å². The van der Waals surface area contributed by atoms with Gasteiger partial charge < -0.3 is 14.8 Å². The molecule has 4 aromatic heterocycles. The van der Waals surface area contributed by atoms with Crippen LogP contribution in [0.5, 0.6) is 0 Å². The first-order chi connectivity index (χ1) is 18.6. The minimum absolute atomic E-state index is 0.216. The zero-order valence-electron chi connectivity index (χ0n) is 24.6. The molecular weight excluding hydrogens is 488 g/mol. The summed E-state index contributed by atoms with van der Waals surface area (Å²) in [4.78, 5) is 32.9. The highest BCUT2D eigenvalue weighted by Gasteiger charge is 2.26. The Morgan fingerprint density at radius 3 is 2.33 bits per heavy atom. The van der Waals surface area contributed by atoms with Crippen molar-refractivity contribution in [3.05, 3.63) is 41.3 Å². The number of nitrogens with zero attached hydrogens (tertiary/aromatic N) is 7. The van der Waals surface area contributed by atoms with Gasteiger partial charge in [-0.05, 0) is 70.7 Å². The van der Waals surface area contributed by atoms with Crippen LogP contribution < -0.4 is 4.90 Å². The Bertz CT molecular complexity index is 1480. The van der Waals surface area contributed by atoms with Crippen LogP contribution >= 0.6 is 0 Å². The minimum Gasteiger partial charge on any atom is -0.353 e. The Hall–Kier alpha value is -3.46. The number of H-pyrrole nitrogens is 1. The highest BCUT2D eigenvalue weighted by molar-refractivity contribution is 5.90. The number of aromatic amines is 1. The van der Waals surface area contributed by atoms with E-state index in [-0.39, 0.29) is 11.8 Å². The fraction of sp³-hybridized carbons (Fsp3) is 0.533. The number of fused-ring (bicyclic) bond motifs is 2. The van der Waals surface area contributed by atoms with E-state index in [0.29, 0.717) is 31.7 Å². The number of hydrogen-bond acceptors (Lipinski definition) is 6. The largest absolute Gasteiger partial charge is 0.353 e. The van der Waals surface area contributed by atoms with Crippen LogP contribution in [-0.2, 0) is 4.79 Å². The number of amides is 1. The molecule has 0 spiro atoms. The van der Waals surface area contributed by atoms with Gasteiger partial charge in [0, 0.05) is 55.6 Å². The maximum atomic E-state index is 13.0. The van der Waals surface area contributed by atoms with Gasteiger partial charge in [-0.3, -0.25) is 9.69 Å². The molecule has 0 bridgehead atoms. The first kappa shape index (κ1) is 27.1.